The third-order valence-electron chi connectivity index (χ3n) is 3.40. The lowest BCUT2D eigenvalue weighted by Crippen LogP contribution is -2.40. The Morgan fingerprint density at radius 1 is 1.20 bits per heavy atom. The molecule has 1 atom stereocenters. The minimum atomic E-state index is 0.421. The van der Waals surface area contributed by atoms with Crippen molar-refractivity contribution >= 4 is 0 Å². The van der Waals surface area contributed by atoms with Gasteiger partial charge in [0.2, 0.25) is 0 Å². The molecule has 15 heavy (non-hydrogen) atoms. The van der Waals surface area contributed by atoms with Crippen LogP contribution in [0.2, 0.25) is 0 Å². The summed E-state index contributed by atoms with van der Waals surface area (Å²) < 4.78 is 0. The van der Waals surface area contributed by atoms with Crippen LogP contribution in [0.25, 0.3) is 0 Å². The van der Waals surface area contributed by atoms with Gasteiger partial charge in [-0.2, -0.15) is 0 Å². The van der Waals surface area contributed by atoms with Gasteiger partial charge in [0.25, 0.3) is 0 Å². The van der Waals surface area contributed by atoms with Crippen LogP contribution in [0.15, 0.2) is 30.3 Å². The van der Waals surface area contributed by atoms with Crippen LogP contribution >= 0.6 is 0 Å². The van der Waals surface area contributed by atoms with Crippen LogP contribution in [-0.4, -0.2) is 24.0 Å². The number of rotatable bonds is 2. The minimum absolute atomic E-state index is 0.421. The van der Waals surface area contributed by atoms with E-state index in [-0.39, 0.29) is 0 Å². The second-order valence-corrected chi connectivity index (χ2v) is 4.46. The van der Waals surface area contributed by atoms with Gasteiger partial charge >= 0.3 is 0 Å². The van der Waals surface area contributed by atoms with Crippen LogP contribution in [0.1, 0.15) is 31.4 Å². The fourth-order valence-corrected chi connectivity index (χ4v) is 2.25. The van der Waals surface area contributed by atoms with E-state index in [1.165, 1.54) is 5.56 Å². The Labute approximate surface area is 92.1 Å². The van der Waals surface area contributed by atoms with E-state index in [4.69, 9.17) is 5.73 Å². The Morgan fingerprint density at radius 3 is 2.40 bits per heavy atom. The maximum atomic E-state index is 5.91. The molecule has 0 aliphatic carbocycles. The van der Waals surface area contributed by atoms with Crippen molar-refractivity contribution in [3.63, 3.8) is 0 Å². The summed E-state index contributed by atoms with van der Waals surface area (Å²) in [5.74, 6) is 0. The topological polar surface area (TPSA) is 29.3 Å². The molecule has 1 aliphatic rings. The van der Waals surface area contributed by atoms with Gasteiger partial charge in [0.05, 0.1) is 0 Å². The molecule has 1 aliphatic heterocycles. The Balaban J connectivity index is 1.99. The molecule has 0 bridgehead atoms. The second-order valence-electron chi connectivity index (χ2n) is 4.46. The molecule has 2 N–H and O–H groups in total. The Bertz CT molecular complexity index is 289. The molecule has 1 aromatic rings. The quantitative estimate of drug-likeness (QED) is 0.800. The number of piperidine rings is 1. The SMILES string of the molecule is CC(c1ccccc1)N1CCC(N)CC1. The van der Waals surface area contributed by atoms with Gasteiger partial charge in [-0.3, -0.25) is 4.90 Å². The first kappa shape index (κ1) is 10.7. The molecule has 2 heteroatoms. The summed E-state index contributed by atoms with van der Waals surface area (Å²) in [6, 6.07) is 11.7. The molecule has 0 spiro atoms. The maximum absolute atomic E-state index is 5.91. The van der Waals surface area contributed by atoms with Crippen LogP contribution in [0.3, 0.4) is 0 Å². The van der Waals surface area contributed by atoms with E-state index >= 15 is 0 Å². The summed E-state index contributed by atoms with van der Waals surface area (Å²) in [6.45, 7) is 4.56. The summed E-state index contributed by atoms with van der Waals surface area (Å²) in [6.07, 6.45) is 2.27. The van der Waals surface area contributed by atoms with Gasteiger partial charge in [0.1, 0.15) is 0 Å². The van der Waals surface area contributed by atoms with Crippen LogP contribution < -0.4 is 5.73 Å². The fraction of sp³-hybridized carbons (Fsp3) is 0.538. The second kappa shape index (κ2) is 4.77. The molecule has 2 nitrogen and oxygen atoms in total. The highest BCUT2D eigenvalue weighted by Crippen LogP contribution is 2.23. The number of hydrogen-bond donors (Lipinski definition) is 1. The smallest absolute Gasteiger partial charge is 0.0319 e. The zero-order chi connectivity index (χ0) is 10.7. The van der Waals surface area contributed by atoms with E-state index in [1.54, 1.807) is 0 Å². The van der Waals surface area contributed by atoms with Crippen molar-refractivity contribution in [2.45, 2.75) is 31.8 Å². The molecule has 1 saturated heterocycles. The predicted molar refractivity (Wildman–Crippen MR) is 63.6 cm³/mol. The first-order chi connectivity index (χ1) is 7.27. The van der Waals surface area contributed by atoms with Crippen LogP contribution in [0, 0.1) is 0 Å². The van der Waals surface area contributed by atoms with Gasteiger partial charge in [-0.1, -0.05) is 30.3 Å². The first-order valence-electron chi connectivity index (χ1n) is 5.82. The van der Waals surface area contributed by atoms with Gasteiger partial charge < -0.3 is 5.73 Å². The third kappa shape index (κ3) is 2.58. The van der Waals surface area contributed by atoms with Gasteiger partial charge in [-0.05, 0) is 25.3 Å². The third-order valence-corrected chi connectivity index (χ3v) is 3.40. The van der Waals surface area contributed by atoms with Crippen molar-refractivity contribution in [1.82, 2.24) is 4.90 Å². The van der Waals surface area contributed by atoms with E-state index in [2.05, 4.69) is 42.2 Å². The van der Waals surface area contributed by atoms with Gasteiger partial charge in [0, 0.05) is 25.2 Å². The normalized spacial score (nSPS) is 21.5. The minimum Gasteiger partial charge on any atom is -0.328 e. The Morgan fingerprint density at radius 2 is 1.80 bits per heavy atom. The Kier molecular flexibility index (Phi) is 3.39. The predicted octanol–water partition coefficient (Wildman–Crippen LogP) is 2.17. The largest absolute Gasteiger partial charge is 0.328 e. The van der Waals surface area contributed by atoms with Gasteiger partial charge in [0.15, 0.2) is 0 Å². The van der Waals surface area contributed by atoms with E-state index in [0.29, 0.717) is 12.1 Å². The van der Waals surface area contributed by atoms with Crippen molar-refractivity contribution in [3.8, 4) is 0 Å². The molecule has 1 unspecified atom stereocenters. The molecule has 0 radical (unpaired) electrons. The van der Waals surface area contributed by atoms with Crippen LogP contribution in [0.4, 0.5) is 0 Å². The summed E-state index contributed by atoms with van der Waals surface area (Å²) in [5.41, 5.74) is 7.32. The molecule has 0 amide bonds. The van der Waals surface area contributed by atoms with E-state index in [1.807, 2.05) is 0 Å². The van der Waals surface area contributed by atoms with E-state index in [0.717, 1.165) is 25.9 Å². The van der Waals surface area contributed by atoms with Crippen LogP contribution in [0.5, 0.6) is 0 Å². The van der Waals surface area contributed by atoms with Crippen molar-refractivity contribution in [2.24, 2.45) is 5.73 Å². The summed E-state index contributed by atoms with van der Waals surface area (Å²) >= 11 is 0. The monoisotopic (exact) mass is 204 g/mol. The van der Waals surface area contributed by atoms with Crippen molar-refractivity contribution < 1.29 is 0 Å². The number of nitrogens with two attached hydrogens (primary N) is 1. The van der Waals surface area contributed by atoms with Crippen molar-refractivity contribution in [3.05, 3.63) is 35.9 Å². The number of nitrogens with zero attached hydrogens (tertiary/aromatic N) is 1. The van der Waals surface area contributed by atoms with Gasteiger partial charge in [-0.25, -0.2) is 0 Å². The lowest BCUT2D eigenvalue weighted by Gasteiger charge is -2.35. The first-order valence-corrected chi connectivity index (χ1v) is 5.82. The molecular weight excluding hydrogens is 184 g/mol. The molecular formula is C13H20N2. The summed E-state index contributed by atoms with van der Waals surface area (Å²) in [7, 11) is 0. The lowest BCUT2D eigenvalue weighted by molar-refractivity contribution is 0.163. The average molecular weight is 204 g/mol. The highest BCUT2D eigenvalue weighted by molar-refractivity contribution is 5.18. The maximum Gasteiger partial charge on any atom is 0.0319 e. The molecule has 82 valence electrons. The number of benzene rings is 1. The zero-order valence-corrected chi connectivity index (χ0v) is 9.39. The number of likely N-dealkylation sites (tertiary alicyclic amines) is 1. The van der Waals surface area contributed by atoms with Crippen LogP contribution in [-0.2, 0) is 0 Å². The van der Waals surface area contributed by atoms with E-state index in [9.17, 15) is 0 Å². The van der Waals surface area contributed by atoms with E-state index < -0.39 is 0 Å². The Hall–Kier alpha value is -0.860. The average Bonchev–Trinajstić information content (AvgIpc) is 2.30. The fourth-order valence-electron chi connectivity index (χ4n) is 2.25. The van der Waals surface area contributed by atoms with Gasteiger partial charge in [-0.15, -0.1) is 0 Å². The molecule has 1 aromatic carbocycles. The molecule has 1 fully saturated rings. The number of hydrogen-bond acceptors (Lipinski definition) is 2. The summed E-state index contributed by atoms with van der Waals surface area (Å²) in [5, 5.41) is 0. The highest BCUT2D eigenvalue weighted by Gasteiger charge is 2.20. The van der Waals surface area contributed by atoms with Crippen molar-refractivity contribution in [1.29, 1.82) is 0 Å². The lowest BCUT2D eigenvalue weighted by atomic mass is 10.0. The zero-order valence-electron chi connectivity index (χ0n) is 9.39. The molecule has 0 aromatic heterocycles. The standard InChI is InChI=1S/C13H20N2/c1-11(12-5-3-2-4-6-12)15-9-7-13(14)8-10-15/h2-6,11,13H,7-10,14H2,1H3. The van der Waals surface area contributed by atoms with Crippen molar-refractivity contribution in [2.75, 3.05) is 13.1 Å². The summed E-state index contributed by atoms with van der Waals surface area (Å²) in [4.78, 5) is 2.53. The molecule has 0 saturated carbocycles. The highest BCUT2D eigenvalue weighted by atomic mass is 15.2. The molecule has 2 rings (SSSR count). The molecule has 1 heterocycles.